The van der Waals surface area contributed by atoms with Gasteiger partial charge in [0.15, 0.2) is 0 Å². The molecule has 1 aliphatic heterocycles. The Morgan fingerprint density at radius 3 is 2.55 bits per heavy atom. The Bertz CT molecular complexity index is 614. The quantitative estimate of drug-likeness (QED) is 0.873. The number of hydrogen-bond donors (Lipinski definition) is 1. The first-order chi connectivity index (χ1) is 9.43. The van der Waals surface area contributed by atoms with Crippen molar-refractivity contribution in [3.63, 3.8) is 0 Å². The summed E-state index contributed by atoms with van der Waals surface area (Å²) in [6, 6.07) is 5.19. The van der Waals surface area contributed by atoms with Crippen LogP contribution in [0.25, 0.3) is 11.3 Å². The highest BCUT2D eigenvalue weighted by Gasteiger charge is 2.30. The number of aromatic nitrogens is 2. The first-order valence-corrected chi connectivity index (χ1v) is 6.43. The van der Waals surface area contributed by atoms with Crippen LogP contribution in [0.15, 0.2) is 30.5 Å². The molecule has 2 heterocycles. The lowest BCUT2D eigenvalue weighted by molar-refractivity contribution is -0.137. The van der Waals surface area contributed by atoms with Gasteiger partial charge in [-0.05, 0) is 18.6 Å². The van der Waals surface area contributed by atoms with E-state index in [0.717, 1.165) is 30.9 Å². The summed E-state index contributed by atoms with van der Waals surface area (Å²) in [5.74, 6) is 0.902. The van der Waals surface area contributed by atoms with Crippen LogP contribution in [0.3, 0.4) is 0 Å². The molecule has 2 N–H and O–H groups in total. The van der Waals surface area contributed by atoms with E-state index in [9.17, 15) is 13.2 Å². The van der Waals surface area contributed by atoms with Crippen LogP contribution >= 0.6 is 0 Å². The first-order valence-electron chi connectivity index (χ1n) is 6.43. The number of imidazole rings is 1. The third-order valence-electron chi connectivity index (χ3n) is 3.55. The van der Waals surface area contributed by atoms with Crippen molar-refractivity contribution in [2.24, 2.45) is 5.73 Å². The van der Waals surface area contributed by atoms with E-state index in [2.05, 4.69) is 4.98 Å². The zero-order valence-corrected chi connectivity index (χ0v) is 10.7. The van der Waals surface area contributed by atoms with Crippen molar-refractivity contribution in [3.05, 3.63) is 41.9 Å². The topological polar surface area (TPSA) is 43.8 Å². The molecule has 0 amide bonds. The highest BCUT2D eigenvalue weighted by Crippen LogP contribution is 2.31. The predicted octanol–water partition coefficient (Wildman–Crippen LogP) is 2.84. The fraction of sp³-hybridized carbons (Fsp3) is 0.357. The van der Waals surface area contributed by atoms with E-state index < -0.39 is 11.7 Å². The summed E-state index contributed by atoms with van der Waals surface area (Å²) in [5, 5.41) is 0. The molecule has 106 valence electrons. The van der Waals surface area contributed by atoms with Gasteiger partial charge >= 0.3 is 6.18 Å². The van der Waals surface area contributed by atoms with Crippen molar-refractivity contribution in [1.29, 1.82) is 0 Å². The van der Waals surface area contributed by atoms with Crippen molar-refractivity contribution in [2.45, 2.75) is 31.6 Å². The van der Waals surface area contributed by atoms with Crippen molar-refractivity contribution in [3.8, 4) is 11.3 Å². The molecule has 1 unspecified atom stereocenters. The molecule has 0 radical (unpaired) electrons. The molecule has 0 saturated heterocycles. The lowest BCUT2D eigenvalue weighted by Crippen LogP contribution is -2.30. The van der Waals surface area contributed by atoms with E-state index in [0.29, 0.717) is 17.7 Å². The van der Waals surface area contributed by atoms with E-state index in [1.165, 1.54) is 12.1 Å². The van der Waals surface area contributed by atoms with Crippen LogP contribution in [0.2, 0.25) is 0 Å². The summed E-state index contributed by atoms with van der Waals surface area (Å²) < 4.78 is 39.6. The Morgan fingerprint density at radius 1 is 1.20 bits per heavy atom. The maximum Gasteiger partial charge on any atom is 0.416 e. The van der Waals surface area contributed by atoms with Crippen LogP contribution in [-0.2, 0) is 19.1 Å². The minimum Gasteiger partial charge on any atom is -0.334 e. The molecule has 1 aliphatic rings. The summed E-state index contributed by atoms with van der Waals surface area (Å²) in [7, 11) is 0. The van der Waals surface area contributed by atoms with Gasteiger partial charge < -0.3 is 10.3 Å². The summed E-state index contributed by atoms with van der Waals surface area (Å²) in [6.45, 7) is 0.810. The minimum absolute atomic E-state index is 0.116. The van der Waals surface area contributed by atoms with Gasteiger partial charge in [0.2, 0.25) is 0 Å². The van der Waals surface area contributed by atoms with Crippen LogP contribution in [0.1, 0.15) is 17.8 Å². The molecule has 20 heavy (non-hydrogen) atoms. The Hall–Kier alpha value is -1.82. The lowest BCUT2D eigenvalue weighted by Gasteiger charge is -2.18. The van der Waals surface area contributed by atoms with E-state index in [1.54, 1.807) is 0 Å². The number of nitrogens with zero attached hydrogens (tertiary/aromatic N) is 2. The molecule has 3 rings (SSSR count). The normalized spacial score (nSPS) is 18.9. The van der Waals surface area contributed by atoms with E-state index in [1.807, 2.05) is 10.8 Å². The fourth-order valence-electron chi connectivity index (χ4n) is 2.42. The van der Waals surface area contributed by atoms with Gasteiger partial charge in [-0.3, -0.25) is 0 Å². The Balaban J connectivity index is 1.90. The second-order valence-corrected chi connectivity index (χ2v) is 5.06. The molecular formula is C14H14F3N3. The summed E-state index contributed by atoms with van der Waals surface area (Å²) >= 11 is 0. The zero-order chi connectivity index (χ0) is 14.3. The van der Waals surface area contributed by atoms with Crippen LogP contribution in [-0.4, -0.2) is 15.6 Å². The highest BCUT2D eigenvalue weighted by molar-refractivity contribution is 5.59. The Morgan fingerprint density at radius 2 is 1.90 bits per heavy atom. The maximum absolute atomic E-state index is 12.5. The minimum atomic E-state index is -4.31. The van der Waals surface area contributed by atoms with Gasteiger partial charge in [-0.15, -0.1) is 0 Å². The van der Waals surface area contributed by atoms with E-state index in [-0.39, 0.29) is 6.04 Å². The number of alkyl halides is 3. The number of rotatable bonds is 1. The maximum atomic E-state index is 12.5. The molecule has 1 aromatic heterocycles. The van der Waals surface area contributed by atoms with Gasteiger partial charge in [0.1, 0.15) is 5.82 Å². The van der Waals surface area contributed by atoms with Crippen molar-refractivity contribution in [1.82, 2.24) is 9.55 Å². The van der Waals surface area contributed by atoms with Crippen LogP contribution in [0.4, 0.5) is 13.2 Å². The summed E-state index contributed by atoms with van der Waals surface area (Å²) in [6.07, 6.45) is -0.820. The zero-order valence-electron chi connectivity index (χ0n) is 10.7. The second kappa shape index (κ2) is 4.63. The number of fused-ring (bicyclic) bond motifs is 1. The monoisotopic (exact) mass is 281 g/mol. The van der Waals surface area contributed by atoms with Gasteiger partial charge in [-0.25, -0.2) is 4.98 Å². The fourth-order valence-corrected chi connectivity index (χ4v) is 2.42. The van der Waals surface area contributed by atoms with Gasteiger partial charge in [0.25, 0.3) is 0 Å². The van der Waals surface area contributed by atoms with Crippen LogP contribution < -0.4 is 5.73 Å². The summed E-state index contributed by atoms with van der Waals surface area (Å²) in [4.78, 5) is 4.46. The average molecular weight is 281 g/mol. The van der Waals surface area contributed by atoms with Gasteiger partial charge in [0, 0.05) is 30.8 Å². The van der Waals surface area contributed by atoms with E-state index >= 15 is 0 Å². The second-order valence-electron chi connectivity index (χ2n) is 5.06. The van der Waals surface area contributed by atoms with Crippen LogP contribution in [0.5, 0.6) is 0 Å². The van der Waals surface area contributed by atoms with Gasteiger partial charge in [-0.2, -0.15) is 13.2 Å². The van der Waals surface area contributed by atoms with Crippen molar-refractivity contribution >= 4 is 0 Å². The Kier molecular flexibility index (Phi) is 3.05. The van der Waals surface area contributed by atoms with Gasteiger partial charge in [-0.1, -0.05) is 12.1 Å². The largest absolute Gasteiger partial charge is 0.416 e. The third-order valence-corrected chi connectivity index (χ3v) is 3.55. The first kappa shape index (κ1) is 13.2. The molecular weight excluding hydrogens is 267 g/mol. The molecule has 0 fully saturated rings. The molecule has 1 aromatic carbocycles. The Labute approximate surface area is 114 Å². The van der Waals surface area contributed by atoms with Crippen LogP contribution in [0, 0.1) is 0 Å². The molecule has 0 saturated carbocycles. The van der Waals surface area contributed by atoms with Crippen molar-refractivity contribution in [2.75, 3.05) is 0 Å². The van der Waals surface area contributed by atoms with E-state index in [4.69, 9.17) is 5.73 Å². The van der Waals surface area contributed by atoms with Crippen molar-refractivity contribution < 1.29 is 13.2 Å². The lowest BCUT2D eigenvalue weighted by atomic mass is 10.1. The predicted molar refractivity (Wildman–Crippen MR) is 69.0 cm³/mol. The van der Waals surface area contributed by atoms with Gasteiger partial charge in [0.05, 0.1) is 11.3 Å². The molecule has 0 bridgehead atoms. The number of aryl methyl sites for hydroxylation is 1. The molecule has 0 spiro atoms. The number of halogens is 3. The summed E-state index contributed by atoms with van der Waals surface area (Å²) in [5.41, 5.74) is 6.63. The third kappa shape index (κ3) is 2.43. The number of hydrogen-bond acceptors (Lipinski definition) is 2. The number of nitrogens with two attached hydrogens (primary N) is 1. The SMILES string of the molecule is NC1CCn2cc(-c3ccc(C(F)(F)F)cc3)nc2C1. The highest BCUT2D eigenvalue weighted by atomic mass is 19.4. The molecule has 3 nitrogen and oxygen atoms in total. The number of benzene rings is 1. The molecule has 6 heteroatoms. The molecule has 1 atom stereocenters. The average Bonchev–Trinajstić information content (AvgIpc) is 2.80. The smallest absolute Gasteiger partial charge is 0.334 e. The molecule has 0 aliphatic carbocycles. The standard InChI is InChI=1S/C14H14F3N3/c15-14(16,17)10-3-1-9(2-4-10)12-8-20-6-5-11(18)7-13(20)19-12/h1-4,8,11H,5-7,18H2. The molecule has 2 aromatic rings.